The molecule has 0 bridgehead atoms. The molecule has 2 amide bonds. The average molecular weight is 399 g/mol. The van der Waals surface area contributed by atoms with Crippen molar-refractivity contribution in [1.82, 2.24) is 10.2 Å². The van der Waals surface area contributed by atoms with Crippen molar-refractivity contribution in [3.8, 4) is 0 Å². The summed E-state index contributed by atoms with van der Waals surface area (Å²) in [6.07, 6.45) is 1.54. The number of halogens is 1. The van der Waals surface area contributed by atoms with Crippen molar-refractivity contribution in [3.63, 3.8) is 0 Å². The Labute approximate surface area is 173 Å². The second kappa shape index (κ2) is 10.7. The zero-order chi connectivity index (χ0) is 21.4. The number of hydrogen-bond acceptors (Lipinski definition) is 2. The van der Waals surface area contributed by atoms with Crippen molar-refractivity contribution < 1.29 is 14.0 Å². The summed E-state index contributed by atoms with van der Waals surface area (Å²) < 4.78 is 13.3. The SMILES string of the molecule is CC[C@H](C)NC(=O)[C@H](CC)N(Cc1ccc(F)cc1)C(=O)Cc1ccc(C)cc1. The maximum absolute atomic E-state index is 13.3. The minimum atomic E-state index is -0.577. The van der Waals surface area contributed by atoms with E-state index in [4.69, 9.17) is 0 Å². The average Bonchev–Trinajstić information content (AvgIpc) is 2.70. The molecule has 0 heterocycles. The van der Waals surface area contributed by atoms with Gasteiger partial charge in [-0.05, 0) is 49.9 Å². The monoisotopic (exact) mass is 398 g/mol. The fourth-order valence-electron chi connectivity index (χ4n) is 3.13. The number of carbonyl (C=O) groups is 2. The van der Waals surface area contributed by atoms with Crippen LogP contribution in [-0.2, 0) is 22.6 Å². The summed E-state index contributed by atoms with van der Waals surface area (Å²) in [5, 5.41) is 2.99. The van der Waals surface area contributed by atoms with Crippen LogP contribution in [0.15, 0.2) is 48.5 Å². The standard InChI is InChI=1S/C24H31FN2O2/c1-5-18(4)26-24(29)22(6-2)27(16-20-11-13-21(25)14-12-20)23(28)15-19-9-7-17(3)8-10-19/h7-14,18,22H,5-6,15-16H2,1-4H3,(H,26,29)/t18-,22-/m0/s1. The third-order valence-electron chi connectivity index (χ3n) is 5.13. The number of benzene rings is 2. The molecule has 5 heteroatoms. The molecule has 2 aromatic carbocycles. The van der Waals surface area contributed by atoms with E-state index in [1.54, 1.807) is 17.0 Å². The van der Waals surface area contributed by atoms with Crippen LogP contribution in [0.1, 0.15) is 50.3 Å². The Bertz CT molecular complexity index is 803. The zero-order valence-electron chi connectivity index (χ0n) is 17.7. The molecule has 2 rings (SSSR count). The first-order valence-corrected chi connectivity index (χ1v) is 10.2. The summed E-state index contributed by atoms with van der Waals surface area (Å²) in [6.45, 7) is 8.11. The molecule has 0 fully saturated rings. The van der Waals surface area contributed by atoms with E-state index < -0.39 is 6.04 Å². The van der Waals surface area contributed by atoms with Gasteiger partial charge in [-0.2, -0.15) is 0 Å². The molecule has 2 aromatic rings. The van der Waals surface area contributed by atoms with Crippen LogP contribution in [0.25, 0.3) is 0 Å². The number of rotatable bonds is 9. The first-order valence-electron chi connectivity index (χ1n) is 10.2. The molecule has 2 atom stereocenters. The minimum Gasteiger partial charge on any atom is -0.352 e. The fourth-order valence-corrected chi connectivity index (χ4v) is 3.13. The minimum absolute atomic E-state index is 0.0384. The Balaban J connectivity index is 2.26. The Morgan fingerprint density at radius 3 is 2.10 bits per heavy atom. The summed E-state index contributed by atoms with van der Waals surface area (Å²) in [5.41, 5.74) is 2.82. The van der Waals surface area contributed by atoms with Crippen molar-refractivity contribution in [2.24, 2.45) is 0 Å². The van der Waals surface area contributed by atoms with E-state index in [2.05, 4.69) is 5.32 Å². The van der Waals surface area contributed by atoms with Crippen LogP contribution in [0.3, 0.4) is 0 Å². The van der Waals surface area contributed by atoms with Crippen LogP contribution in [0, 0.1) is 12.7 Å². The van der Waals surface area contributed by atoms with Gasteiger partial charge in [0, 0.05) is 12.6 Å². The van der Waals surface area contributed by atoms with Crippen LogP contribution in [0.5, 0.6) is 0 Å². The molecule has 1 N–H and O–H groups in total. The lowest BCUT2D eigenvalue weighted by atomic mass is 10.1. The quantitative estimate of drug-likeness (QED) is 0.681. The smallest absolute Gasteiger partial charge is 0.243 e. The van der Waals surface area contributed by atoms with E-state index in [9.17, 15) is 14.0 Å². The predicted molar refractivity (Wildman–Crippen MR) is 114 cm³/mol. The van der Waals surface area contributed by atoms with Crippen LogP contribution in [0.4, 0.5) is 4.39 Å². The maximum atomic E-state index is 13.3. The normalized spacial score (nSPS) is 12.9. The van der Waals surface area contributed by atoms with Gasteiger partial charge in [0.05, 0.1) is 6.42 Å². The zero-order valence-corrected chi connectivity index (χ0v) is 17.7. The van der Waals surface area contributed by atoms with Crippen LogP contribution < -0.4 is 5.32 Å². The number of aryl methyl sites for hydroxylation is 1. The third-order valence-corrected chi connectivity index (χ3v) is 5.13. The third kappa shape index (κ3) is 6.70. The molecule has 0 saturated heterocycles. The molecule has 29 heavy (non-hydrogen) atoms. The molecular formula is C24H31FN2O2. The van der Waals surface area contributed by atoms with E-state index in [-0.39, 0.29) is 36.6 Å². The van der Waals surface area contributed by atoms with Gasteiger partial charge >= 0.3 is 0 Å². The Morgan fingerprint density at radius 1 is 0.966 bits per heavy atom. The summed E-state index contributed by atoms with van der Waals surface area (Å²) >= 11 is 0. The molecule has 156 valence electrons. The Morgan fingerprint density at radius 2 is 1.55 bits per heavy atom. The van der Waals surface area contributed by atoms with Crippen molar-refractivity contribution in [1.29, 1.82) is 0 Å². The van der Waals surface area contributed by atoms with Gasteiger partial charge in [0.25, 0.3) is 0 Å². The molecule has 0 unspecified atom stereocenters. The molecule has 0 spiro atoms. The van der Waals surface area contributed by atoms with E-state index in [0.29, 0.717) is 6.42 Å². The highest BCUT2D eigenvalue weighted by atomic mass is 19.1. The van der Waals surface area contributed by atoms with Gasteiger partial charge in [0.1, 0.15) is 11.9 Å². The Kier molecular flexibility index (Phi) is 8.37. The molecule has 0 aliphatic heterocycles. The lowest BCUT2D eigenvalue weighted by Crippen LogP contribution is -2.51. The lowest BCUT2D eigenvalue weighted by Gasteiger charge is -2.31. The summed E-state index contributed by atoms with van der Waals surface area (Å²) in [4.78, 5) is 27.7. The molecule has 0 radical (unpaired) electrons. The largest absolute Gasteiger partial charge is 0.352 e. The second-order valence-corrected chi connectivity index (χ2v) is 7.55. The highest BCUT2D eigenvalue weighted by Crippen LogP contribution is 2.16. The predicted octanol–water partition coefficient (Wildman–Crippen LogP) is 4.40. The van der Waals surface area contributed by atoms with Crippen molar-refractivity contribution in [2.75, 3.05) is 0 Å². The van der Waals surface area contributed by atoms with Gasteiger partial charge in [-0.15, -0.1) is 0 Å². The summed E-state index contributed by atoms with van der Waals surface area (Å²) in [6, 6.07) is 13.3. The fraction of sp³-hybridized carbons (Fsp3) is 0.417. The first-order chi connectivity index (χ1) is 13.8. The highest BCUT2D eigenvalue weighted by Gasteiger charge is 2.29. The summed E-state index contributed by atoms with van der Waals surface area (Å²) in [7, 11) is 0. The molecule has 0 aliphatic carbocycles. The van der Waals surface area contributed by atoms with Gasteiger partial charge in [-0.1, -0.05) is 55.8 Å². The number of hydrogen-bond donors (Lipinski definition) is 1. The molecule has 0 aromatic heterocycles. The highest BCUT2D eigenvalue weighted by molar-refractivity contribution is 5.88. The van der Waals surface area contributed by atoms with Crippen molar-refractivity contribution in [2.45, 2.75) is 65.6 Å². The van der Waals surface area contributed by atoms with Crippen LogP contribution in [0.2, 0.25) is 0 Å². The lowest BCUT2D eigenvalue weighted by molar-refractivity contribution is -0.141. The molecule has 0 saturated carbocycles. The number of nitrogens with zero attached hydrogens (tertiary/aromatic N) is 1. The number of nitrogens with one attached hydrogen (secondary N) is 1. The Hall–Kier alpha value is -2.69. The van der Waals surface area contributed by atoms with Gasteiger partial charge < -0.3 is 10.2 Å². The molecule has 0 aliphatic rings. The first kappa shape index (κ1) is 22.6. The maximum Gasteiger partial charge on any atom is 0.243 e. The van der Waals surface area contributed by atoms with Crippen molar-refractivity contribution >= 4 is 11.8 Å². The van der Waals surface area contributed by atoms with Crippen molar-refractivity contribution in [3.05, 3.63) is 71.0 Å². The second-order valence-electron chi connectivity index (χ2n) is 7.55. The van der Waals surface area contributed by atoms with Crippen LogP contribution >= 0.6 is 0 Å². The molecule has 4 nitrogen and oxygen atoms in total. The topological polar surface area (TPSA) is 49.4 Å². The van der Waals surface area contributed by atoms with E-state index in [0.717, 1.165) is 23.1 Å². The van der Waals surface area contributed by atoms with Crippen LogP contribution in [-0.4, -0.2) is 28.8 Å². The summed E-state index contributed by atoms with van der Waals surface area (Å²) in [5.74, 6) is -0.599. The van der Waals surface area contributed by atoms with E-state index in [1.807, 2.05) is 52.0 Å². The van der Waals surface area contributed by atoms with Gasteiger partial charge in [-0.25, -0.2) is 4.39 Å². The molecular weight excluding hydrogens is 367 g/mol. The van der Waals surface area contributed by atoms with Gasteiger partial charge in [0.2, 0.25) is 11.8 Å². The number of carbonyl (C=O) groups excluding carboxylic acids is 2. The van der Waals surface area contributed by atoms with E-state index in [1.165, 1.54) is 12.1 Å². The van der Waals surface area contributed by atoms with Gasteiger partial charge in [-0.3, -0.25) is 9.59 Å². The number of amides is 2. The van der Waals surface area contributed by atoms with E-state index >= 15 is 0 Å². The van der Waals surface area contributed by atoms with Gasteiger partial charge in [0.15, 0.2) is 0 Å².